The monoisotopic (exact) mass is 460 g/mol. The Morgan fingerprint density at radius 3 is 2.47 bits per heavy atom. The SMILES string of the molecule is CC(C)(C)OC[C@H](CCN1CC(Oc2ccc(Cl)cc2)C1)NC(=O)OCc1ccccc1. The minimum Gasteiger partial charge on any atom is -0.488 e. The summed E-state index contributed by atoms with van der Waals surface area (Å²) in [7, 11) is 0. The van der Waals surface area contributed by atoms with Crippen molar-refractivity contribution in [3.63, 3.8) is 0 Å². The lowest BCUT2D eigenvalue weighted by atomic mass is 10.1. The summed E-state index contributed by atoms with van der Waals surface area (Å²) in [5, 5.41) is 3.66. The van der Waals surface area contributed by atoms with Crippen LogP contribution >= 0.6 is 11.6 Å². The summed E-state index contributed by atoms with van der Waals surface area (Å²) in [6, 6.07) is 16.9. The van der Waals surface area contributed by atoms with Crippen LogP contribution in [0.5, 0.6) is 5.75 Å². The van der Waals surface area contributed by atoms with Crippen LogP contribution in [0.3, 0.4) is 0 Å². The highest BCUT2D eigenvalue weighted by Crippen LogP contribution is 2.21. The van der Waals surface area contributed by atoms with Crippen LogP contribution < -0.4 is 10.1 Å². The molecule has 0 aromatic heterocycles. The van der Waals surface area contributed by atoms with Gasteiger partial charge in [0.1, 0.15) is 18.5 Å². The number of hydrogen-bond donors (Lipinski definition) is 1. The van der Waals surface area contributed by atoms with Crippen LogP contribution in [0.2, 0.25) is 5.02 Å². The highest BCUT2D eigenvalue weighted by atomic mass is 35.5. The van der Waals surface area contributed by atoms with Gasteiger partial charge in [-0.1, -0.05) is 41.9 Å². The topological polar surface area (TPSA) is 60.0 Å². The molecule has 1 heterocycles. The van der Waals surface area contributed by atoms with Crippen LogP contribution in [0.15, 0.2) is 54.6 Å². The zero-order valence-electron chi connectivity index (χ0n) is 19.1. The number of carbonyl (C=O) groups is 1. The second-order valence-electron chi connectivity index (χ2n) is 9.07. The van der Waals surface area contributed by atoms with Gasteiger partial charge in [-0.15, -0.1) is 0 Å². The summed E-state index contributed by atoms with van der Waals surface area (Å²) in [5.74, 6) is 0.832. The predicted molar refractivity (Wildman–Crippen MR) is 126 cm³/mol. The molecule has 6 nitrogen and oxygen atoms in total. The molecule has 1 aliphatic heterocycles. The maximum atomic E-state index is 12.3. The van der Waals surface area contributed by atoms with E-state index in [-0.39, 0.29) is 24.4 Å². The van der Waals surface area contributed by atoms with Crippen molar-refractivity contribution in [1.29, 1.82) is 0 Å². The van der Waals surface area contributed by atoms with E-state index in [2.05, 4.69) is 10.2 Å². The van der Waals surface area contributed by atoms with E-state index in [9.17, 15) is 4.79 Å². The summed E-state index contributed by atoms with van der Waals surface area (Å²) >= 11 is 5.92. The Kier molecular flexibility index (Phi) is 8.79. The van der Waals surface area contributed by atoms with Crippen molar-refractivity contribution in [2.24, 2.45) is 0 Å². The minimum atomic E-state index is -0.427. The van der Waals surface area contributed by atoms with Crippen molar-refractivity contribution in [2.75, 3.05) is 26.2 Å². The fourth-order valence-corrected chi connectivity index (χ4v) is 3.43. The van der Waals surface area contributed by atoms with Gasteiger partial charge in [0.25, 0.3) is 0 Å². The van der Waals surface area contributed by atoms with E-state index < -0.39 is 6.09 Å². The number of carbonyl (C=O) groups excluding carboxylic acids is 1. The van der Waals surface area contributed by atoms with Gasteiger partial charge in [0, 0.05) is 24.7 Å². The van der Waals surface area contributed by atoms with Crippen LogP contribution in [0, 0.1) is 0 Å². The molecule has 0 bridgehead atoms. The van der Waals surface area contributed by atoms with E-state index in [0.29, 0.717) is 11.6 Å². The van der Waals surface area contributed by atoms with E-state index >= 15 is 0 Å². The number of rotatable bonds is 10. The Balaban J connectivity index is 1.41. The quantitative estimate of drug-likeness (QED) is 0.546. The van der Waals surface area contributed by atoms with Crippen molar-refractivity contribution < 1.29 is 19.0 Å². The predicted octanol–water partition coefficient (Wildman–Crippen LogP) is 4.90. The first kappa shape index (κ1) is 24.4. The smallest absolute Gasteiger partial charge is 0.407 e. The molecule has 0 aliphatic carbocycles. The van der Waals surface area contributed by atoms with Gasteiger partial charge in [-0.2, -0.15) is 0 Å². The molecule has 7 heteroatoms. The number of alkyl carbamates (subject to hydrolysis) is 1. The van der Waals surface area contributed by atoms with Crippen molar-refractivity contribution in [3.05, 3.63) is 65.2 Å². The molecule has 1 fully saturated rings. The molecule has 2 aromatic rings. The largest absolute Gasteiger partial charge is 0.488 e. The number of nitrogens with zero attached hydrogens (tertiary/aromatic N) is 1. The summed E-state index contributed by atoms with van der Waals surface area (Å²) < 4.78 is 17.3. The Morgan fingerprint density at radius 1 is 1.12 bits per heavy atom. The summed E-state index contributed by atoms with van der Waals surface area (Å²) in [6.45, 7) is 9.25. The number of ether oxygens (including phenoxy) is 3. The summed E-state index contributed by atoms with van der Waals surface area (Å²) in [5.41, 5.74) is 0.680. The standard InChI is InChI=1S/C25H33ClN2O4/c1-25(2,3)31-18-21(27-24(29)30-17-19-7-5-4-6-8-19)13-14-28-15-23(16-28)32-22-11-9-20(26)10-12-22/h4-12,21,23H,13-18H2,1-3H3,(H,27,29)/t21-/m0/s1. The molecule has 0 saturated carbocycles. The number of likely N-dealkylation sites (tertiary alicyclic amines) is 1. The molecule has 1 N–H and O–H groups in total. The second kappa shape index (κ2) is 11.5. The molecule has 32 heavy (non-hydrogen) atoms. The second-order valence-corrected chi connectivity index (χ2v) is 9.50. The van der Waals surface area contributed by atoms with Gasteiger partial charge in [-0.25, -0.2) is 4.79 Å². The fraction of sp³-hybridized carbons (Fsp3) is 0.480. The third-order valence-corrected chi connectivity index (χ3v) is 5.34. The third kappa shape index (κ3) is 8.69. The zero-order valence-corrected chi connectivity index (χ0v) is 19.8. The van der Waals surface area contributed by atoms with E-state index in [4.69, 9.17) is 25.8 Å². The third-order valence-electron chi connectivity index (χ3n) is 5.09. The molecule has 1 saturated heterocycles. The lowest BCUT2D eigenvalue weighted by Crippen LogP contribution is -2.55. The number of halogens is 1. The Morgan fingerprint density at radius 2 is 1.81 bits per heavy atom. The van der Waals surface area contributed by atoms with E-state index in [1.807, 2.05) is 75.4 Å². The van der Waals surface area contributed by atoms with Crippen LogP contribution in [0.1, 0.15) is 32.8 Å². The molecule has 0 spiro atoms. The lowest BCUT2D eigenvalue weighted by Gasteiger charge is -2.39. The average molecular weight is 461 g/mol. The van der Waals surface area contributed by atoms with Gasteiger partial charge in [-0.3, -0.25) is 4.90 Å². The Hall–Kier alpha value is -2.28. The number of nitrogens with one attached hydrogen (secondary N) is 1. The number of benzene rings is 2. The van der Waals surface area contributed by atoms with Gasteiger partial charge in [0.15, 0.2) is 0 Å². The van der Waals surface area contributed by atoms with Crippen molar-refractivity contribution in [3.8, 4) is 5.75 Å². The molecular formula is C25H33ClN2O4. The summed E-state index contributed by atoms with van der Waals surface area (Å²) in [4.78, 5) is 14.6. The average Bonchev–Trinajstić information content (AvgIpc) is 2.73. The zero-order chi connectivity index (χ0) is 23.0. The molecule has 1 aliphatic rings. The molecule has 174 valence electrons. The van der Waals surface area contributed by atoms with Crippen molar-refractivity contribution in [1.82, 2.24) is 10.2 Å². The van der Waals surface area contributed by atoms with Crippen LogP contribution in [0.25, 0.3) is 0 Å². The molecule has 2 aromatic carbocycles. The van der Waals surface area contributed by atoms with Crippen molar-refractivity contribution in [2.45, 2.75) is 51.5 Å². The maximum absolute atomic E-state index is 12.3. The minimum absolute atomic E-state index is 0.131. The van der Waals surface area contributed by atoms with Crippen LogP contribution in [-0.4, -0.2) is 55.0 Å². The normalized spacial score (nSPS) is 15.6. The van der Waals surface area contributed by atoms with E-state index in [1.54, 1.807) is 0 Å². The van der Waals surface area contributed by atoms with E-state index in [0.717, 1.165) is 37.4 Å². The number of amides is 1. The Labute approximate surface area is 195 Å². The summed E-state index contributed by atoms with van der Waals surface area (Å²) in [6.07, 6.45) is 0.512. The van der Waals surface area contributed by atoms with Crippen LogP contribution in [0.4, 0.5) is 4.79 Å². The first-order chi connectivity index (χ1) is 15.3. The van der Waals surface area contributed by atoms with Gasteiger partial charge in [0.2, 0.25) is 0 Å². The fourth-order valence-electron chi connectivity index (χ4n) is 3.30. The maximum Gasteiger partial charge on any atom is 0.407 e. The molecule has 0 unspecified atom stereocenters. The van der Waals surface area contributed by atoms with Gasteiger partial charge in [-0.05, 0) is 57.0 Å². The lowest BCUT2D eigenvalue weighted by molar-refractivity contribution is -0.0213. The van der Waals surface area contributed by atoms with Gasteiger partial charge in [0.05, 0.1) is 18.2 Å². The first-order valence-corrected chi connectivity index (χ1v) is 11.4. The van der Waals surface area contributed by atoms with Gasteiger partial charge >= 0.3 is 6.09 Å². The highest BCUT2D eigenvalue weighted by molar-refractivity contribution is 6.30. The molecule has 3 rings (SSSR count). The molecule has 1 amide bonds. The first-order valence-electron chi connectivity index (χ1n) is 11.0. The molecule has 1 atom stereocenters. The Bertz CT molecular complexity index is 833. The molecular weight excluding hydrogens is 428 g/mol. The van der Waals surface area contributed by atoms with Crippen molar-refractivity contribution >= 4 is 17.7 Å². The molecule has 0 radical (unpaired) electrons. The van der Waals surface area contributed by atoms with E-state index in [1.165, 1.54) is 0 Å². The number of hydrogen-bond acceptors (Lipinski definition) is 5. The van der Waals surface area contributed by atoms with Crippen LogP contribution in [-0.2, 0) is 16.1 Å². The van der Waals surface area contributed by atoms with Gasteiger partial charge < -0.3 is 19.5 Å². The highest BCUT2D eigenvalue weighted by Gasteiger charge is 2.29.